The van der Waals surface area contributed by atoms with E-state index in [2.05, 4.69) is 17.4 Å². The van der Waals surface area contributed by atoms with Gasteiger partial charge in [-0.25, -0.2) is 0 Å². The first-order valence-electron chi connectivity index (χ1n) is 6.23. The van der Waals surface area contributed by atoms with Gasteiger partial charge in [0, 0.05) is 17.7 Å². The Kier molecular flexibility index (Phi) is 4.43. The first-order chi connectivity index (χ1) is 8.24. The van der Waals surface area contributed by atoms with Gasteiger partial charge in [-0.3, -0.25) is 0 Å². The van der Waals surface area contributed by atoms with Crippen molar-refractivity contribution < 1.29 is 4.74 Å². The number of nitrogens with one attached hydrogen (secondary N) is 1. The smallest absolute Gasteiger partial charge is 0.0647 e. The van der Waals surface area contributed by atoms with Crippen LogP contribution in [0.1, 0.15) is 24.8 Å². The van der Waals surface area contributed by atoms with Gasteiger partial charge in [0.05, 0.1) is 6.61 Å². The molecule has 2 nitrogen and oxygen atoms in total. The molecule has 1 aromatic carbocycles. The maximum absolute atomic E-state index is 6.03. The zero-order valence-corrected chi connectivity index (χ0v) is 11.1. The van der Waals surface area contributed by atoms with Crippen molar-refractivity contribution in [1.82, 2.24) is 5.32 Å². The predicted molar refractivity (Wildman–Crippen MR) is 71.6 cm³/mol. The third-order valence-corrected chi connectivity index (χ3v) is 3.67. The van der Waals surface area contributed by atoms with Crippen LogP contribution in [0, 0.1) is 0 Å². The Morgan fingerprint density at radius 1 is 1.41 bits per heavy atom. The summed E-state index contributed by atoms with van der Waals surface area (Å²) in [4.78, 5) is 0. The van der Waals surface area contributed by atoms with E-state index in [4.69, 9.17) is 16.3 Å². The zero-order chi connectivity index (χ0) is 12.1. The van der Waals surface area contributed by atoms with Gasteiger partial charge in [-0.15, -0.1) is 0 Å². The summed E-state index contributed by atoms with van der Waals surface area (Å²) in [5.74, 6) is 0. The summed E-state index contributed by atoms with van der Waals surface area (Å²) in [6.07, 6.45) is 4.70. The standard InChI is InChI=1S/C14H20ClNO/c1-17-11-14(7-2-3-8-16-14)10-12-5-4-6-13(15)9-12/h4-6,9,16H,2-3,7-8,10-11H2,1H3. The van der Waals surface area contributed by atoms with Gasteiger partial charge in [-0.05, 0) is 43.5 Å². The van der Waals surface area contributed by atoms with Gasteiger partial charge in [-0.2, -0.15) is 0 Å². The lowest BCUT2D eigenvalue weighted by Crippen LogP contribution is -2.53. The van der Waals surface area contributed by atoms with Gasteiger partial charge in [-0.1, -0.05) is 30.2 Å². The normalized spacial score (nSPS) is 24.8. The lowest BCUT2D eigenvalue weighted by molar-refractivity contribution is 0.0894. The molecule has 0 saturated carbocycles. The Hall–Kier alpha value is -0.570. The second kappa shape index (κ2) is 5.85. The number of ether oxygens (including phenoxy) is 1. The maximum atomic E-state index is 6.03. The van der Waals surface area contributed by atoms with Gasteiger partial charge in [0.25, 0.3) is 0 Å². The molecular weight excluding hydrogens is 234 g/mol. The number of halogens is 1. The Morgan fingerprint density at radius 3 is 2.94 bits per heavy atom. The van der Waals surface area contributed by atoms with Gasteiger partial charge in [0.15, 0.2) is 0 Å². The number of piperidine rings is 1. The summed E-state index contributed by atoms with van der Waals surface area (Å²) in [5, 5.41) is 4.44. The van der Waals surface area contributed by atoms with Gasteiger partial charge >= 0.3 is 0 Å². The van der Waals surface area contributed by atoms with Crippen molar-refractivity contribution in [2.75, 3.05) is 20.3 Å². The highest BCUT2D eigenvalue weighted by Gasteiger charge is 2.31. The fourth-order valence-corrected chi connectivity index (χ4v) is 2.88. The fourth-order valence-electron chi connectivity index (χ4n) is 2.67. The van der Waals surface area contributed by atoms with E-state index in [1.54, 1.807) is 7.11 Å². The van der Waals surface area contributed by atoms with Gasteiger partial charge < -0.3 is 10.1 Å². The molecule has 0 aliphatic carbocycles. The van der Waals surface area contributed by atoms with Crippen LogP contribution in [-0.4, -0.2) is 25.8 Å². The molecule has 1 aliphatic heterocycles. The van der Waals surface area contributed by atoms with Crippen molar-refractivity contribution in [3.63, 3.8) is 0 Å². The Bertz CT molecular complexity index is 355. The highest BCUT2D eigenvalue weighted by molar-refractivity contribution is 6.30. The van der Waals surface area contributed by atoms with Crippen LogP contribution in [-0.2, 0) is 11.2 Å². The molecule has 1 aromatic rings. The van der Waals surface area contributed by atoms with E-state index in [0.29, 0.717) is 0 Å². The molecular formula is C14H20ClNO. The molecule has 2 rings (SSSR count). The first-order valence-corrected chi connectivity index (χ1v) is 6.60. The van der Waals surface area contributed by atoms with E-state index in [-0.39, 0.29) is 5.54 Å². The molecule has 94 valence electrons. The fraction of sp³-hybridized carbons (Fsp3) is 0.571. The van der Waals surface area contributed by atoms with Crippen LogP contribution < -0.4 is 5.32 Å². The van der Waals surface area contributed by atoms with E-state index >= 15 is 0 Å². The molecule has 0 aromatic heterocycles. The van der Waals surface area contributed by atoms with Crippen molar-refractivity contribution in [2.24, 2.45) is 0 Å². The average Bonchev–Trinajstić information content (AvgIpc) is 2.30. The van der Waals surface area contributed by atoms with Crippen LogP contribution >= 0.6 is 11.6 Å². The average molecular weight is 254 g/mol. The second-order valence-electron chi connectivity index (χ2n) is 4.90. The van der Waals surface area contributed by atoms with Crippen molar-refractivity contribution >= 4 is 11.6 Å². The quantitative estimate of drug-likeness (QED) is 0.891. The summed E-state index contributed by atoms with van der Waals surface area (Å²) in [7, 11) is 1.77. The lowest BCUT2D eigenvalue weighted by Gasteiger charge is -2.38. The molecule has 17 heavy (non-hydrogen) atoms. The van der Waals surface area contributed by atoms with Gasteiger partial charge in [0.1, 0.15) is 0 Å². The molecule has 1 fully saturated rings. The molecule has 1 atom stereocenters. The molecule has 0 radical (unpaired) electrons. The molecule has 1 aliphatic rings. The molecule has 0 spiro atoms. The SMILES string of the molecule is COCC1(Cc2cccc(Cl)c2)CCCCN1. The number of benzene rings is 1. The molecule has 0 bridgehead atoms. The molecule has 1 unspecified atom stereocenters. The highest BCUT2D eigenvalue weighted by atomic mass is 35.5. The van der Waals surface area contributed by atoms with Gasteiger partial charge in [0.2, 0.25) is 0 Å². The zero-order valence-electron chi connectivity index (χ0n) is 10.3. The minimum atomic E-state index is 0.0949. The Morgan fingerprint density at radius 2 is 2.29 bits per heavy atom. The van der Waals surface area contributed by atoms with Crippen molar-refractivity contribution in [2.45, 2.75) is 31.2 Å². The molecule has 1 N–H and O–H groups in total. The summed E-state index contributed by atoms with van der Waals surface area (Å²) in [6.45, 7) is 1.85. The molecule has 0 amide bonds. The Labute approximate surface area is 108 Å². The third kappa shape index (κ3) is 3.44. The first kappa shape index (κ1) is 12.9. The van der Waals surface area contributed by atoms with E-state index in [1.807, 2.05) is 12.1 Å². The summed E-state index contributed by atoms with van der Waals surface area (Å²) >= 11 is 6.03. The second-order valence-corrected chi connectivity index (χ2v) is 5.34. The monoisotopic (exact) mass is 253 g/mol. The lowest BCUT2D eigenvalue weighted by atomic mass is 9.84. The maximum Gasteiger partial charge on any atom is 0.0647 e. The van der Waals surface area contributed by atoms with Crippen molar-refractivity contribution in [3.8, 4) is 0 Å². The number of hydrogen-bond acceptors (Lipinski definition) is 2. The minimum absolute atomic E-state index is 0.0949. The Balaban J connectivity index is 2.11. The number of hydrogen-bond donors (Lipinski definition) is 1. The number of methoxy groups -OCH3 is 1. The van der Waals surface area contributed by atoms with Crippen molar-refractivity contribution in [3.05, 3.63) is 34.9 Å². The molecule has 3 heteroatoms. The predicted octanol–water partition coefficient (Wildman–Crippen LogP) is 3.04. The third-order valence-electron chi connectivity index (χ3n) is 3.43. The number of rotatable bonds is 4. The van der Waals surface area contributed by atoms with E-state index in [0.717, 1.165) is 24.6 Å². The van der Waals surface area contributed by atoms with E-state index in [9.17, 15) is 0 Å². The van der Waals surface area contributed by atoms with Crippen LogP contribution in [0.5, 0.6) is 0 Å². The summed E-state index contributed by atoms with van der Waals surface area (Å²) in [5.41, 5.74) is 1.38. The topological polar surface area (TPSA) is 21.3 Å². The summed E-state index contributed by atoms with van der Waals surface area (Å²) < 4.78 is 5.39. The minimum Gasteiger partial charge on any atom is -0.383 e. The molecule has 1 saturated heterocycles. The summed E-state index contributed by atoms with van der Waals surface area (Å²) in [6, 6.07) is 8.12. The van der Waals surface area contributed by atoms with E-state index in [1.165, 1.54) is 24.8 Å². The van der Waals surface area contributed by atoms with Crippen LogP contribution in [0.4, 0.5) is 0 Å². The van der Waals surface area contributed by atoms with Crippen LogP contribution in [0.2, 0.25) is 5.02 Å². The van der Waals surface area contributed by atoms with Crippen LogP contribution in [0.15, 0.2) is 24.3 Å². The largest absolute Gasteiger partial charge is 0.383 e. The van der Waals surface area contributed by atoms with E-state index < -0.39 is 0 Å². The van der Waals surface area contributed by atoms with Crippen LogP contribution in [0.3, 0.4) is 0 Å². The highest BCUT2D eigenvalue weighted by Crippen LogP contribution is 2.25. The van der Waals surface area contributed by atoms with Crippen molar-refractivity contribution in [1.29, 1.82) is 0 Å². The molecule has 1 heterocycles. The van der Waals surface area contributed by atoms with Crippen LogP contribution in [0.25, 0.3) is 0 Å².